The number of nitrogens with zero attached hydrogens (tertiary/aromatic N) is 1. The molecule has 0 aliphatic rings. The first-order chi connectivity index (χ1) is 6.53. The van der Waals surface area contributed by atoms with Crippen molar-refractivity contribution in [2.45, 2.75) is 12.8 Å². The molecule has 0 spiro atoms. The van der Waals surface area contributed by atoms with Crippen LogP contribution in [0.2, 0.25) is 0 Å². The van der Waals surface area contributed by atoms with Gasteiger partial charge in [0, 0.05) is 13.2 Å². The largest absolute Gasteiger partial charge is 0.373 e. The van der Waals surface area contributed by atoms with Crippen LogP contribution in [0.5, 0.6) is 0 Å². The standard InChI is InChI=1S/C9H10F2N2O/c1-6-3-4-13-8(12-2)7(6)9(10,11)5-14/h3-5H,1-2H3,(H,12,13). The highest BCUT2D eigenvalue weighted by Crippen LogP contribution is 2.32. The molecule has 3 nitrogen and oxygen atoms in total. The van der Waals surface area contributed by atoms with Gasteiger partial charge in [-0.2, -0.15) is 8.78 Å². The van der Waals surface area contributed by atoms with Crippen LogP contribution in [0.25, 0.3) is 0 Å². The molecule has 0 aliphatic carbocycles. The zero-order valence-electron chi connectivity index (χ0n) is 7.84. The van der Waals surface area contributed by atoms with Gasteiger partial charge in [-0.3, -0.25) is 4.79 Å². The Kier molecular flexibility index (Phi) is 2.78. The summed E-state index contributed by atoms with van der Waals surface area (Å²) in [7, 11) is 1.48. The molecule has 1 heterocycles. The van der Waals surface area contributed by atoms with Gasteiger partial charge < -0.3 is 5.32 Å². The van der Waals surface area contributed by atoms with Crippen molar-refractivity contribution in [1.29, 1.82) is 0 Å². The third-order valence-corrected chi connectivity index (χ3v) is 1.88. The highest BCUT2D eigenvalue weighted by atomic mass is 19.3. The van der Waals surface area contributed by atoms with Crippen molar-refractivity contribution in [3.8, 4) is 0 Å². The highest BCUT2D eigenvalue weighted by molar-refractivity contribution is 5.69. The molecule has 0 aliphatic heterocycles. The van der Waals surface area contributed by atoms with Crippen LogP contribution in [0.1, 0.15) is 11.1 Å². The van der Waals surface area contributed by atoms with E-state index < -0.39 is 5.92 Å². The number of nitrogens with one attached hydrogen (secondary N) is 1. The minimum absolute atomic E-state index is 0.0297. The van der Waals surface area contributed by atoms with E-state index in [-0.39, 0.29) is 17.7 Å². The number of aryl methyl sites for hydroxylation is 1. The van der Waals surface area contributed by atoms with E-state index in [0.717, 1.165) is 0 Å². The van der Waals surface area contributed by atoms with E-state index >= 15 is 0 Å². The summed E-state index contributed by atoms with van der Waals surface area (Å²) < 4.78 is 26.3. The van der Waals surface area contributed by atoms with Crippen LogP contribution >= 0.6 is 0 Å². The Bertz CT molecular complexity index is 353. The number of carbonyl (C=O) groups is 1. The number of alkyl halides is 2. The zero-order chi connectivity index (χ0) is 10.8. The van der Waals surface area contributed by atoms with Crippen LogP contribution in [0.15, 0.2) is 12.3 Å². The number of aromatic nitrogens is 1. The van der Waals surface area contributed by atoms with Gasteiger partial charge in [0.05, 0.1) is 5.56 Å². The quantitative estimate of drug-likeness (QED) is 0.755. The number of anilines is 1. The predicted molar refractivity (Wildman–Crippen MR) is 48.5 cm³/mol. The van der Waals surface area contributed by atoms with Crippen molar-refractivity contribution in [3.63, 3.8) is 0 Å². The molecule has 0 unspecified atom stereocenters. The molecule has 14 heavy (non-hydrogen) atoms. The molecule has 1 aromatic rings. The van der Waals surface area contributed by atoms with Gasteiger partial charge in [-0.1, -0.05) is 0 Å². The Hall–Kier alpha value is -1.52. The van der Waals surface area contributed by atoms with Crippen molar-refractivity contribution in [2.75, 3.05) is 12.4 Å². The second-order valence-electron chi connectivity index (χ2n) is 2.84. The number of aldehydes is 1. The molecular formula is C9H10F2N2O. The van der Waals surface area contributed by atoms with Gasteiger partial charge in [0.25, 0.3) is 0 Å². The molecule has 0 amide bonds. The molecule has 5 heteroatoms. The minimum Gasteiger partial charge on any atom is -0.373 e. The van der Waals surface area contributed by atoms with Crippen molar-refractivity contribution in [2.24, 2.45) is 0 Å². The summed E-state index contributed by atoms with van der Waals surface area (Å²) in [5.41, 5.74) is -0.0287. The molecule has 0 fully saturated rings. The molecule has 0 bridgehead atoms. The molecule has 0 saturated heterocycles. The molecule has 1 N–H and O–H groups in total. The second-order valence-corrected chi connectivity index (χ2v) is 2.84. The van der Waals surface area contributed by atoms with Gasteiger partial charge in [0.2, 0.25) is 0 Å². The van der Waals surface area contributed by atoms with Gasteiger partial charge in [-0.05, 0) is 18.6 Å². The fraction of sp³-hybridized carbons (Fsp3) is 0.333. The van der Waals surface area contributed by atoms with Gasteiger partial charge in [-0.25, -0.2) is 4.98 Å². The highest BCUT2D eigenvalue weighted by Gasteiger charge is 2.35. The van der Waals surface area contributed by atoms with E-state index in [4.69, 9.17) is 0 Å². The van der Waals surface area contributed by atoms with Gasteiger partial charge >= 0.3 is 5.92 Å². The van der Waals surface area contributed by atoms with Crippen LogP contribution < -0.4 is 5.32 Å². The van der Waals surface area contributed by atoms with Crippen LogP contribution in [-0.2, 0) is 10.7 Å². The molecule has 0 aromatic carbocycles. The van der Waals surface area contributed by atoms with E-state index in [1.54, 1.807) is 0 Å². The molecule has 76 valence electrons. The Morgan fingerprint density at radius 2 is 2.21 bits per heavy atom. The Labute approximate surface area is 80.2 Å². The Balaban J connectivity index is 3.37. The number of rotatable bonds is 3. The first-order valence-corrected chi connectivity index (χ1v) is 4.01. The maximum atomic E-state index is 13.1. The van der Waals surface area contributed by atoms with Gasteiger partial charge in [0.1, 0.15) is 5.82 Å². The summed E-state index contributed by atoms with van der Waals surface area (Å²) in [5, 5.41) is 2.53. The zero-order valence-corrected chi connectivity index (χ0v) is 7.84. The van der Waals surface area contributed by atoms with Crippen LogP contribution in [-0.4, -0.2) is 18.3 Å². The lowest BCUT2D eigenvalue weighted by molar-refractivity contribution is -0.130. The van der Waals surface area contributed by atoms with Crippen molar-refractivity contribution < 1.29 is 13.6 Å². The predicted octanol–water partition coefficient (Wildman–Crippen LogP) is 1.72. The fourth-order valence-corrected chi connectivity index (χ4v) is 1.23. The molecule has 0 saturated carbocycles. The summed E-state index contributed by atoms with van der Waals surface area (Å²) in [6.07, 6.45) is 1.03. The van der Waals surface area contributed by atoms with E-state index in [0.29, 0.717) is 5.56 Å². The Morgan fingerprint density at radius 1 is 1.57 bits per heavy atom. The number of hydrogen-bond donors (Lipinski definition) is 1. The minimum atomic E-state index is -3.49. The average molecular weight is 200 g/mol. The maximum absolute atomic E-state index is 13.1. The van der Waals surface area contributed by atoms with E-state index in [2.05, 4.69) is 10.3 Å². The molecule has 1 aromatic heterocycles. The van der Waals surface area contributed by atoms with E-state index in [1.165, 1.54) is 26.2 Å². The summed E-state index contributed by atoms with van der Waals surface area (Å²) in [5.74, 6) is -3.46. The third-order valence-electron chi connectivity index (χ3n) is 1.88. The SMILES string of the molecule is CNc1nccc(C)c1C(F)(F)C=O. The molecule has 1 rings (SSSR count). The van der Waals surface area contributed by atoms with Gasteiger partial charge in [0.15, 0.2) is 6.29 Å². The Morgan fingerprint density at radius 3 is 2.71 bits per heavy atom. The summed E-state index contributed by atoms with van der Waals surface area (Å²) >= 11 is 0. The van der Waals surface area contributed by atoms with E-state index in [9.17, 15) is 13.6 Å². The average Bonchev–Trinajstić information content (AvgIpc) is 2.17. The molecule has 0 radical (unpaired) electrons. The lowest BCUT2D eigenvalue weighted by Gasteiger charge is -2.15. The lowest BCUT2D eigenvalue weighted by atomic mass is 10.1. The van der Waals surface area contributed by atoms with Crippen LogP contribution in [0.4, 0.5) is 14.6 Å². The summed E-state index contributed by atoms with van der Waals surface area (Å²) in [6.45, 7) is 1.51. The number of pyridine rings is 1. The maximum Gasteiger partial charge on any atom is 0.331 e. The number of halogens is 2. The van der Waals surface area contributed by atoms with Gasteiger partial charge in [-0.15, -0.1) is 0 Å². The normalized spacial score (nSPS) is 11.1. The molecular weight excluding hydrogens is 190 g/mol. The summed E-state index contributed by atoms with van der Waals surface area (Å²) in [6, 6.07) is 1.44. The van der Waals surface area contributed by atoms with Crippen LogP contribution in [0, 0.1) is 6.92 Å². The van der Waals surface area contributed by atoms with Crippen LogP contribution in [0.3, 0.4) is 0 Å². The first-order valence-electron chi connectivity index (χ1n) is 4.01. The number of hydrogen-bond acceptors (Lipinski definition) is 3. The smallest absolute Gasteiger partial charge is 0.331 e. The number of carbonyl (C=O) groups excluding carboxylic acids is 1. The monoisotopic (exact) mass is 200 g/mol. The summed E-state index contributed by atoms with van der Waals surface area (Å²) in [4.78, 5) is 14.0. The third kappa shape index (κ3) is 1.71. The van der Waals surface area contributed by atoms with E-state index in [1.807, 2.05) is 0 Å². The second kappa shape index (κ2) is 3.69. The first kappa shape index (κ1) is 10.6. The van der Waals surface area contributed by atoms with Crippen molar-refractivity contribution in [3.05, 3.63) is 23.4 Å². The fourth-order valence-electron chi connectivity index (χ4n) is 1.23. The van der Waals surface area contributed by atoms with Crippen molar-refractivity contribution >= 4 is 12.1 Å². The topological polar surface area (TPSA) is 42.0 Å². The molecule has 0 atom stereocenters. The van der Waals surface area contributed by atoms with Crippen molar-refractivity contribution in [1.82, 2.24) is 4.98 Å². The lowest BCUT2D eigenvalue weighted by Crippen LogP contribution is -2.19.